The molecular weight excluding hydrogens is 704 g/mol. The number of ether oxygens (including phenoxy) is 6. The van der Waals surface area contributed by atoms with Crippen LogP contribution in [0.25, 0.3) is 0 Å². The lowest BCUT2D eigenvalue weighted by Gasteiger charge is -2.66. The summed E-state index contributed by atoms with van der Waals surface area (Å²) in [5.74, 6) is 0.864. The molecule has 0 radical (unpaired) electrons. The Labute approximate surface area is 318 Å². The van der Waals surface area contributed by atoms with Crippen LogP contribution in [0.5, 0.6) is 0 Å². The third-order valence-corrected chi connectivity index (χ3v) is 16.4. The predicted octanol–water partition coefficient (Wildman–Crippen LogP) is 1.26. The number of fused-ring (bicyclic) bond motifs is 7. The Morgan fingerprint density at radius 1 is 0.907 bits per heavy atom. The van der Waals surface area contributed by atoms with Gasteiger partial charge >= 0.3 is 0 Å². The van der Waals surface area contributed by atoms with Crippen molar-refractivity contribution < 1.29 is 69.0 Å². The fourth-order valence-corrected chi connectivity index (χ4v) is 13.0. The summed E-state index contributed by atoms with van der Waals surface area (Å²) < 4.78 is 37.1. The minimum atomic E-state index is -1.49. The lowest BCUT2D eigenvalue weighted by atomic mass is 9.39. The van der Waals surface area contributed by atoms with Crippen LogP contribution in [0.3, 0.4) is 0 Å². The number of carbonyl (C=O) groups is 1. The summed E-state index contributed by atoms with van der Waals surface area (Å²) in [6, 6.07) is 0. The first-order valence-electron chi connectivity index (χ1n) is 20.4. The Morgan fingerprint density at radius 2 is 1.63 bits per heavy atom. The summed E-state index contributed by atoms with van der Waals surface area (Å²) in [6.07, 6.45) is -5.27. The van der Waals surface area contributed by atoms with Crippen molar-refractivity contribution in [2.24, 2.45) is 51.8 Å². The van der Waals surface area contributed by atoms with Crippen molar-refractivity contribution in [2.45, 2.75) is 166 Å². The molecule has 7 fully saturated rings. The smallest absolute Gasteiger partial charge is 0.186 e. The zero-order chi connectivity index (χ0) is 39.1. The summed E-state index contributed by atoms with van der Waals surface area (Å²) >= 11 is 0. The molecule has 0 aromatic rings. The molecule has 4 saturated carbocycles. The normalized spacial score (nSPS) is 55.1. The highest BCUT2D eigenvalue weighted by Gasteiger charge is 2.71. The SMILES string of the molecule is CO[C@]1(CC[C@H](C)CO[C@@H]2O[C@H](CO)[C@@H](O)[C@H](O)[C@H]2O)O[C@H]2C[C@@H]3[C@H]4C[C@H](O[C@@H]5OC[C@@H](O)[C@H](O)[C@H]5O)[C@@]5(C)CC(=O)CC[C@]5(C)[C@H]4CC[C@]3(C)[C@H]2[C@@H]1C. The molecule has 4 aliphatic carbocycles. The highest BCUT2D eigenvalue weighted by atomic mass is 16.7. The van der Waals surface area contributed by atoms with Gasteiger partial charge in [-0.2, -0.15) is 0 Å². The van der Waals surface area contributed by atoms with Gasteiger partial charge in [-0.1, -0.05) is 34.6 Å². The van der Waals surface area contributed by atoms with E-state index in [-0.39, 0.29) is 59.8 Å². The van der Waals surface area contributed by atoms with Gasteiger partial charge in [-0.05, 0) is 78.9 Å². The average Bonchev–Trinajstić information content (AvgIpc) is 3.60. The monoisotopic (exact) mass is 770 g/mol. The number of carbonyl (C=O) groups excluding carboxylic acids is 1. The van der Waals surface area contributed by atoms with Gasteiger partial charge in [-0.3, -0.25) is 4.79 Å². The summed E-state index contributed by atoms with van der Waals surface area (Å²) in [6.45, 7) is 10.8. The van der Waals surface area contributed by atoms with E-state index >= 15 is 0 Å². The number of hydrogen-bond donors (Lipinski definition) is 7. The predicted molar refractivity (Wildman–Crippen MR) is 190 cm³/mol. The van der Waals surface area contributed by atoms with Crippen LogP contribution >= 0.6 is 0 Å². The minimum absolute atomic E-state index is 0.00271. The average molecular weight is 771 g/mol. The van der Waals surface area contributed by atoms with Gasteiger partial charge in [0.05, 0.1) is 32.0 Å². The van der Waals surface area contributed by atoms with Crippen LogP contribution in [0.2, 0.25) is 0 Å². The molecule has 7 N–H and O–H groups in total. The third kappa shape index (κ3) is 6.46. The number of Topliss-reactive ketones (excluding diaryl/α,β-unsaturated/α-hetero) is 1. The van der Waals surface area contributed by atoms with Crippen LogP contribution < -0.4 is 0 Å². The quantitative estimate of drug-likeness (QED) is 0.156. The van der Waals surface area contributed by atoms with Crippen LogP contribution in [-0.2, 0) is 33.2 Å². The minimum Gasteiger partial charge on any atom is -0.394 e. The van der Waals surface area contributed by atoms with Crippen molar-refractivity contribution >= 4 is 5.78 Å². The van der Waals surface area contributed by atoms with Crippen LogP contribution in [0.4, 0.5) is 0 Å². The van der Waals surface area contributed by atoms with E-state index in [9.17, 15) is 40.5 Å². The van der Waals surface area contributed by atoms with E-state index < -0.39 is 73.1 Å². The zero-order valence-electron chi connectivity index (χ0n) is 32.8. The summed E-state index contributed by atoms with van der Waals surface area (Å²) in [5, 5.41) is 71.7. The number of hydrogen-bond acceptors (Lipinski definition) is 14. The van der Waals surface area contributed by atoms with Crippen molar-refractivity contribution in [1.82, 2.24) is 0 Å². The van der Waals surface area contributed by atoms with E-state index in [0.717, 1.165) is 25.7 Å². The molecule has 3 aliphatic heterocycles. The Bertz CT molecular complexity index is 1350. The molecule has 14 heteroatoms. The molecule has 0 aromatic heterocycles. The molecule has 0 unspecified atom stereocenters. The van der Waals surface area contributed by atoms with E-state index in [1.54, 1.807) is 7.11 Å². The van der Waals surface area contributed by atoms with Crippen molar-refractivity contribution in [3.05, 3.63) is 0 Å². The molecule has 3 heterocycles. The Morgan fingerprint density at radius 3 is 2.33 bits per heavy atom. The van der Waals surface area contributed by atoms with E-state index in [1.165, 1.54) is 0 Å². The first-order chi connectivity index (χ1) is 25.4. The first-order valence-corrected chi connectivity index (χ1v) is 20.4. The maximum Gasteiger partial charge on any atom is 0.186 e. The number of ketones is 1. The fourth-order valence-electron chi connectivity index (χ4n) is 13.0. The van der Waals surface area contributed by atoms with Crippen LogP contribution in [0, 0.1) is 51.8 Å². The third-order valence-electron chi connectivity index (χ3n) is 16.4. The number of methoxy groups -OCH3 is 1. The molecular formula is C40H66O14. The highest BCUT2D eigenvalue weighted by molar-refractivity contribution is 5.80. The van der Waals surface area contributed by atoms with Gasteiger partial charge in [-0.15, -0.1) is 0 Å². The Balaban J connectivity index is 1.05. The topological polar surface area (TPSA) is 214 Å². The number of aliphatic hydroxyl groups is 7. The second-order valence-corrected chi connectivity index (χ2v) is 19.0. The molecule has 310 valence electrons. The number of aliphatic hydroxyl groups excluding tert-OH is 7. The number of rotatable bonds is 10. The van der Waals surface area contributed by atoms with Gasteiger partial charge in [0, 0.05) is 37.7 Å². The molecule has 54 heavy (non-hydrogen) atoms. The van der Waals surface area contributed by atoms with E-state index in [2.05, 4.69) is 27.7 Å². The van der Waals surface area contributed by atoms with Crippen molar-refractivity contribution in [3.63, 3.8) is 0 Å². The Hall–Kier alpha value is -0.850. The van der Waals surface area contributed by atoms with Gasteiger partial charge in [0.25, 0.3) is 0 Å². The fraction of sp³-hybridized carbons (Fsp3) is 0.975. The standard InChI is InChI=1S/C40H66O14/c1-19(17-50-35-34(48)32(46)31(45)27(16-41)52-35)7-12-40(49-6)20(2)29-26(54-40)14-24-22-13-28(53-36-33(47)30(44)25(43)18-51-36)39(5)15-21(42)8-11-38(39,4)23(22)9-10-37(24,29)3/h19-20,22-36,41,43-48H,7-18H2,1-6H3/t19-,20-,22-,23-,24+,25+,26-,27+,28-,29-,30-,31+,32-,33+,34+,35+,36-,37-,38+,39+,40+/m0/s1. The van der Waals surface area contributed by atoms with Gasteiger partial charge in [0.2, 0.25) is 0 Å². The Kier molecular flexibility index (Phi) is 11.5. The highest BCUT2D eigenvalue weighted by Crippen LogP contribution is 2.73. The van der Waals surface area contributed by atoms with Crippen molar-refractivity contribution in [1.29, 1.82) is 0 Å². The van der Waals surface area contributed by atoms with Crippen LogP contribution in [-0.4, -0.2) is 142 Å². The van der Waals surface area contributed by atoms with Crippen LogP contribution in [0.1, 0.15) is 92.4 Å². The molecule has 7 aliphatic rings. The van der Waals surface area contributed by atoms with Crippen molar-refractivity contribution in [2.75, 3.05) is 26.9 Å². The second kappa shape index (κ2) is 15.1. The molecule has 0 aromatic carbocycles. The van der Waals surface area contributed by atoms with Crippen LogP contribution in [0.15, 0.2) is 0 Å². The largest absolute Gasteiger partial charge is 0.394 e. The van der Waals surface area contributed by atoms with Gasteiger partial charge in [-0.25, -0.2) is 0 Å². The first kappa shape index (κ1) is 41.3. The van der Waals surface area contributed by atoms with Gasteiger partial charge in [0.1, 0.15) is 48.5 Å². The maximum atomic E-state index is 13.1. The van der Waals surface area contributed by atoms with Crippen molar-refractivity contribution in [3.8, 4) is 0 Å². The zero-order valence-corrected chi connectivity index (χ0v) is 32.8. The maximum absolute atomic E-state index is 13.1. The van der Waals surface area contributed by atoms with E-state index in [0.29, 0.717) is 49.9 Å². The van der Waals surface area contributed by atoms with E-state index in [1.807, 2.05) is 6.92 Å². The molecule has 7 rings (SSSR count). The van der Waals surface area contributed by atoms with E-state index in [4.69, 9.17) is 28.4 Å². The molecule has 14 nitrogen and oxygen atoms in total. The van der Waals surface area contributed by atoms with Gasteiger partial charge in [0.15, 0.2) is 18.4 Å². The molecule has 0 amide bonds. The molecule has 0 spiro atoms. The van der Waals surface area contributed by atoms with Gasteiger partial charge < -0.3 is 64.2 Å². The lowest BCUT2D eigenvalue weighted by molar-refractivity contribution is -0.316. The summed E-state index contributed by atoms with van der Waals surface area (Å²) in [5.41, 5.74) is -0.681. The molecule has 21 atom stereocenters. The second-order valence-electron chi connectivity index (χ2n) is 19.0. The lowest BCUT2D eigenvalue weighted by Crippen LogP contribution is -2.65. The summed E-state index contributed by atoms with van der Waals surface area (Å²) in [4.78, 5) is 13.1. The molecule has 0 bridgehead atoms. The summed E-state index contributed by atoms with van der Waals surface area (Å²) in [7, 11) is 1.72. The molecule has 3 saturated heterocycles.